The first kappa shape index (κ1) is 25.9. The van der Waals surface area contributed by atoms with Crippen molar-refractivity contribution in [2.24, 2.45) is 0 Å². The molecule has 0 bridgehead atoms. The van der Waals surface area contributed by atoms with Crippen LogP contribution >= 0.6 is 24.1 Å². The van der Waals surface area contributed by atoms with Crippen LogP contribution in [0.4, 0.5) is 0 Å². The van der Waals surface area contributed by atoms with E-state index in [-0.39, 0.29) is 0 Å². The lowest BCUT2D eigenvalue weighted by molar-refractivity contribution is 0.316. The molecule has 35 heavy (non-hydrogen) atoms. The molecule has 0 saturated heterocycles. The van der Waals surface area contributed by atoms with E-state index in [1.54, 1.807) is 0 Å². The summed E-state index contributed by atoms with van der Waals surface area (Å²) in [7, 11) is -7.60. The van der Waals surface area contributed by atoms with E-state index < -0.39 is 24.1 Å². The lowest BCUT2D eigenvalue weighted by Crippen LogP contribution is -2.16. The Morgan fingerprint density at radius 1 is 0.486 bits per heavy atom. The Hall–Kier alpha value is -2.15. The molecule has 0 atom stereocenters. The number of rotatable bonds is 8. The molecular formula is C28H29O4P3. The molecule has 0 amide bonds. The van der Waals surface area contributed by atoms with Gasteiger partial charge in [0.2, 0.25) is 0 Å². The topological polar surface area (TPSA) is 55.8 Å². The van der Waals surface area contributed by atoms with E-state index in [9.17, 15) is 9.46 Å². The van der Waals surface area contributed by atoms with Crippen molar-refractivity contribution in [1.29, 1.82) is 0 Å². The van der Waals surface area contributed by atoms with Crippen LogP contribution in [0.15, 0.2) is 97.1 Å². The first-order valence-corrected chi connectivity index (χ1v) is 15.3. The van der Waals surface area contributed by atoms with Gasteiger partial charge in [0.15, 0.2) is 0 Å². The quantitative estimate of drug-likeness (QED) is 0.270. The van der Waals surface area contributed by atoms with Gasteiger partial charge in [0.25, 0.3) is 0 Å². The molecule has 4 aromatic rings. The number of phosphoric acid groups is 1. The zero-order valence-electron chi connectivity index (χ0n) is 20.3. The predicted molar refractivity (Wildman–Crippen MR) is 149 cm³/mol. The minimum Gasteiger partial charge on any atom is -0.302 e. The van der Waals surface area contributed by atoms with Gasteiger partial charge in [0.05, 0.1) is 0 Å². The highest BCUT2D eigenvalue weighted by Gasteiger charge is 2.34. The molecule has 0 spiro atoms. The molecule has 0 aliphatic heterocycles. The van der Waals surface area contributed by atoms with Crippen molar-refractivity contribution in [3.63, 3.8) is 0 Å². The number of hydrogen-bond donors (Lipinski definition) is 1. The Morgan fingerprint density at radius 2 is 0.686 bits per heavy atom. The second-order valence-electron chi connectivity index (χ2n) is 8.56. The van der Waals surface area contributed by atoms with Crippen molar-refractivity contribution in [2.45, 2.75) is 27.7 Å². The average Bonchev–Trinajstić information content (AvgIpc) is 2.84. The van der Waals surface area contributed by atoms with Gasteiger partial charge in [0.1, 0.15) is 16.3 Å². The molecule has 0 saturated carbocycles. The smallest absolute Gasteiger partial charge is 0.302 e. The van der Waals surface area contributed by atoms with Gasteiger partial charge in [-0.3, -0.25) is 8.62 Å². The van der Waals surface area contributed by atoms with Crippen molar-refractivity contribution in [2.75, 3.05) is 0 Å². The summed E-state index contributed by atoms with van der Waals surface area (Å²) in [6, 6.07) is 31.4. The van der Waals surface area contributed by atoms with E-state index in [1.807, 2.05) is 125 Å². The first-order chi connectivity index (χ1) is 16.7. The molecule has 180 valence electrons. The van der Waals surface area contributed by atoms with Crippen molar-refractivity contribution in [3.8, 4) is 0 Å². The van der Waals surface area contributed by atoms with Crippen LogP contribution in [0.1, 0.15) is 22.3 Å². The molecule has 4 rings (SSSR count). The highest BCUT2D eigenvalue weighted by molar-refractivity contribution is 7.79. The third-order valence-corrected chi connectivity index (χ3v) is 11.5. The summed E-state index contributed by atoms with van der Waals surface area (Å²) in [6.45, 7) is 8.04. The fraction of sp³-hybridized carbons (Fsp3) is 0.143. The minimum absolute atomic E-state index is 0.849. The summed E-state index contributed by atoms with van der Waals surface area (Å²) in [5, 5.41) is 3.40. The summed E-state index contributed by atoms with van der Waals surface area (Å²) in [5.41, 5.74) is 4.44. The van der Waals surface area contributed by atoms with E-state index in [4.69, 9.17) is 8.62 Å². The Labute approximate surface area is 210 Å². The van der Waals surface area contributed by atoms with Crippen LogP contribution < -0.4 is 21.2 Å². The Morgan fingerprint density at radius 3 is 0.886 bits per heavy atom. The van der Waals surface area contributed by atoms with Gasteiger partial charge in [-0.05, 0) is 27.7 Å². The van der Waals surface area contributed by atoms with Crippen molar-refractivity contribution in [1.82, 2.24) is 0 Å². The van der Waals surface area contributed by atoms with E-state index >= 15 is 0 Å². The summed E-state index contributed by atoms with van der Waals surface area (Å²) < 4.78 is 25.5. The summed E-state index contributed by atoms with van der Waals surface area (Å²) in [4.78, 5) is 11.1. The van der Waals surface area contributed by atoms with Gasteiger partial charge in [-0.1, -0.05) is 119 Å². The van der Waals surface area contributed by atoms with Crippen LogP contribution in [0.25, 0.3) is 0 Å². The fourth-order valence-corrected chi connectivity index (χ4v) is 9.25. The maximum absolute atomic E-state index is 13.5. The molecule has 1 N–H and O–H groups in total. The zero-order chi connectivity index (χ0) is 25.0. The van der Waals surface area contributed by atoms with Gasteiger partial charge in [-0.2, -0.15) is 0 Å². The molecule has 4 aromatic carbocycles. The SMILES string of the molecule is Cc1ccc(P(OP(=O)(O)OP(c2ccc(C)cc2)c2ccc(C)cc2)c2ccc(C)cc2)cc1. The molecule has 0 aliphatic rings. The molecule has 0 aliphatic carbocycles. The average molecular weight is 522 g/mol. The van der Waals surface area contributed by atoms with Gasteiger partial charge >= 0.3 is 7.82 Å². The van der Waals surface area contributed by atoms with Crippen LogP contribution in [0.5, 0.6) is 0 Å². The maximum atomic E-state index is 13.5. The Balaban J connectivity index is 1.69. The fourth-order valence-electron chi connectivity index (χ4n) is 3.43. The molecule has 0 unspecified atom stereocenters. The lowest BCUT2D eigenvalue weighted by Gasteiger charge is -2.25. The highest BCUT2D eigenvalue weighted by atomic mass is 31.3. The largest absolute Gasteiger partial charge is 0.479 e. The van der Waals surface area contributed by atoms with E-state index in [2.05, 4.69) is 0 Å². The predicted octanol–water partition coefficient (Wildman–Crippen LogP) is 6.45. The molecule has 0 radical (unpaired) electrons. The Bertz CT molecular complexity index is 1110. The third kappa shape index (κ3) is 6.96. The number of benzene rings is 4. The van der Waals surface area contributed by atoms with Crippen molar-refractivity contribution >= 4 is 45.3 Å². The maximum Gasteiger partial charge on any atom is 0.479 e. The van der Waals surface area contributed by atoms with Crippen LogP contribution in [0, 0.1) is 27.7 Å². The first-order valence-electron chi connectivity index (χ1n) is 11.3. The van der Waals surface area contributed by atoms with Crippen molar-refractivity contribution < 1.29 is 18.1 Å². The minimum atomic E-state index is -4.46. The summed E-state index contributed by atoms with van der Waals surface area (Å²) in [6.07, 6.45) is 0. The van der Waals surface area contributed by atoms with E-state index in [0.29, 0.717) is 0 Å². The summed E-state index contributed by atoms with van der Waals surface area (Å²) >= 11 is 0. The van der Waals surface area contributed by atoms with Crippen LogP contribution in [0.2, 0.25) is 0 Å². The van der Waals surface area contributed by atoms with Crippen LogP contribution in [-0.4, -0.2) is 4.89 Å². The van der Waals surface area contributed by atoms with Crippen molar-refractivity contribution in [3.05, 3.63) is 119 Å². The number of hydrogen-bond acceptors (Lipinski definition) is 3. The Kier molecular flexibility index (Phi) is 8.35. The number of aryl methyl sites for hydroxylation is 4. The van der Waals surface area contributed by atoms with E-state index in [0.717, 1.165) is 43.5 Å². The van der Waals surface area contributed by atoms with Gasteiger partial charge in [0, 0.05) is 21.2 Å². The molecule has 0 aromatic heterocycles. The molecule has 0 fully saturated rings. The van der Waals surface area contributed by atoms with E-state index in [1.165, 1.54) is 0 Å². The highest BCUT2D eigenvalue weighted by Crippen LogP contribution is 2.62. The van der Waals surface area contributed by atoms with Gasteiger partial charge in [-0.25, -0.2) is 4.57 Å². The second-order valence-corrected chi connectivity index (χ2v) is 14.0. The molecular weight excluding hydrogens is 493 g/mol. The van der Waals surface area contributed by atoms with Crippen LogP contribution in [-0.2, 0) is 13.2 Å². The summed E-state index contributed by atoms with van der Waals surface area (Å²) in [5.74, 6) is 0. The second kappa shape index (κ2) is 11.3. The lowest BCUT2D eigenvalue weighted by atomic mass is 10.2. The zero-order valence-corrected chi connectivity index (χ0v) is 22.9. The third-order valence-electron chi connectivity index (χ3n) is 5.44. The van der Waals surface area contributed by atoms with Crippen LogP contribution in [0.3, 0.4) is 0 Å². The molecule has 7 heteroatoms. The monoisotopic (exact) mass is 522 g/mol. The standard InChI is InChI=1S/C28H29O4P3/c1-21-5-13-25(14-6-21)33(26-15-7-22(2)8-16-26)31-35(29,30)32-34(27-17-9-23(3)10-18-27)28-19-11-24(4)12-20-28/h5-20H,1-4H3,(H,29,30). The molecule has 4 nitrogen and oxygen atoms in total. The normalized spacial score (nSPS) is 11.9. The molecule has 0 heterocycles. The van der Waals surface area contributed by atoms with Gasteiger partial charge in [-0.15, -0.1) is 0 Å². The van der Waals surface area contributed by atoms with Gasteiger partial charge < -0.3 is 4.89 Å².